The van der Waals surface area contributed by atoms with Gasteiger partial charge in [0.1, 0.15) is 11.5 Å². The van der Waals surface area contributed by atoms with E-state index in [4.69, 9.17) is 9.47 Å². The Morgan fingerprint density at radius 2 is 0.976 bits per heavy atom. The summed E-state index contributed by atoms with van der Waals surface area (Å²) in [5.41, 5.74) is 8.85. The summed E-state index contributed by atoms with van der Waals surface area (Å²) in [5.74, 6) is 1.97. The number of benzene rings is 2. The van der Waals surface area contributed by atoms with Crippen molar-refractivity contribution < 1.29 is 9.47 Å². The third kappa shape index (κ3) is 8.20. The first-order valence-electron chi connectivity index (χ1n) is 17.0. The fourth-order valence-electron chi connectivity index (χ4n) is 7.39. The molecule has 0 saturated heterocycles. The molecule has 41 heavy (non-hydrogen) atoms. The molecule has 2 nitrogen and oxygen atoms in total. The summed E-state index contributed by atoms with van der Waals surface area (Å²) >= 11 is 0. The quantitative estimate of drug-likeness (QED) is 0.180. The van der Waals surface area contributed by atoms with Gasteiger partial charge in [0, 0.05) is 0 Å². The molecule has 4 rings (SSSR count). The van der Waals surface area contributed by atoms with E-state index in [1.54, 1.807) is 7.11 Å². The number of unbranched alkanes of at least 4 members (excludes halogenated alkanes) is 13. The van der Waals surface area contributed by atoms with Gasteiger partial charge in [0.15, 0.2) is 0 Å². The summed E-state index contributed by atoms with van der Waals surface area (Å²) in [5, 5.41) is 0. The Kier molecular flexibility index (Phi) is 11.4. The molecule has 0 aromatic heterocycles. The van der Waals surface area contributed by atoms with Crippen LogP contribution in [0.3, 0.4) is 0 Å². The van der Waals surface area contributed by atoms with Gasteiger partial charge in [0.25, 0.3) is 0 Å². The molecule has 0 radical (unpaired) electrons. The van der Waals surface area contributed by atoms with Crippen LogP contribution < -0.4 is 9.47 Å². The number of fused-ring (bicyclic) bond motifs is 2. The van der Waals surface area contributed by atoms with E-state index in [2.05, 4.69) is 71.0 Å². The van der Waals surface area contributed by atoms with Crippen LogP contribution in [0.1, 0.15) is 147 Å². The molecule has 2 aromatic rings. The lowest BCUT2D eigenvalue weighted by Crippen LogP contribution is -2.17. The second-order valence-corrected chi connectivity index (χ2v) is 14.2. The predicted molar refractivity (Wildman–Crippen MR) is 177 cm³/mol. The largest absolute Gasteiger partial charge is 0.497 e. The maximum atomic E-state index is 6.33. The minimum absolute atomic E-state index is 0.0902. The predicted octanol–water partition coefficient (Wildman–Crippen LogP) is 11.6. The number of hydrogen-bond donors (Lipinski definition) is 0. The molecule has 0 bridgehead atoms. The van der Waals surface area contributed by atoms with Crippen molar-refractivity contribution in [2.45, 2.75) is 137 Å². The van der Waals surface area contributed by atoms with Crippen LogP contribution in [0.4, 0.5) is 0 Å². The molecule has 0 aliphatic heterocycles. The Morgan fingerprint density at radius 3 is 1.44 bits per heavy atom. The van der Waals surface area contributed by atoms with Gasteiger partial charge in [-0.3, -0.25) is 0 Å². The summed E-state index contributed by atoms with van der Waals surface area (Å²) in [4.78, 5) is 0. The maximum Gasteiger partial charge on any atom is 0.119 e. The van der Waals surface area contributed by atoms with E-state index >= 15 is 0 Å². The average Bonchev–Trinajstić information content (AvgIpc) is 3.35. The van der Waals surface area contributed by atoms with Crippen LogP contribution >= 0.6 is 0 Å². The highest BCUT2D eigenvalue weighted by Gasteiger charge is 2.43. The lowest BCUT2D eigenvalue weighted by Gasteiger charge is -2.30. The van der Waals surface area contributed by atoms with Gasteiger partial charge < -0.3 is 9.47 Å². The first kappa shape index (κ1) is 31.7. The van der Waals surface area contributed by atoms with Crippen molar-refractivity contribution in [1.29, 1.82) is 0 Å². The van der Waals surface area contributed by atoms with Crippen molar-refractivity contribution >= 4 is 11.1 Å². The molecule has 0 spiro atoms. The number of hydrogen-bond acceptors (Lipinski definition) is 2. The normalized spacial score (nSPS) is 18.4. The molecule has 0 atom stereocenters. The zero-order chi connectivity index (χ0) is 29.3. The lowest BCUT2D eigenvalue weighted by molar-refractivity contribution is 0.304. The summed E-state index contributed by atoms with van der Waals surface area (Å²) < 4.78 is 12.0. The molecule has 2 aliphatic rings. The first-order valence-corrected chi connectivity index (χ1v) is 17.0. The van der Waals surface area contributed by atoms with E-state index in [1.807, 2.05) is 0 Å². The van der Waals surface area contributed by atoms with Crippen molar-refractivity contribution in [1.82, 2.24) is 0 Å². The summed E-state index contributed by atoms with van der Waals surface area (Å²) in [6.07, 6.45) is 21.5. The molecule has 0 amide bonds. The van der Waals surface area contributed by atoms with Gasteiger partial charge in [-0.15, -0.1) is 0 Å². The first-order chi connectivity index (χ1) is 19.8. The molecule has 0 unspecified atom stereocenters. The number of ether oxygens (including phenoxy) is 2. The van der Waals surface area contributed by atoms with E-state index in [1.165, 1.54) is 117 Å². The van der Waals surface area contributed by atoms with Crippen LogP contribution in [0.5, 0.6) is 11.5 Å². The van der Waals surface area contributed by atoms with Crippen LogP contribution in [-0.4, -0.2) is 13.7 Å². The van der Waals surface area contributed by atoms with Crippen LogP contribution in [-0.2, 0) is 12.8 Å². The van der Waals surface area contributed by atoms with Crippen molar-refractivity contribution in [3.8, 4) is 11.5 Å². The minimum atomic E-state index is 0.0902. The van der Waals surface area contributed by atoms with E-state index < -0.39 is 0 Å². The van der Waals surface area contributed by atoms with Gasteiger partial charge in [-0.25, -0.2) is 0 Å². The Hall–Kier alpha value is -2.22. The minimum Gasteiger partial charge on any atom is -0.497 e. The topological polar surface area (TPSA) is 18.5 Å². The van der Waals surface area contributed by atoms with Gasteiger partial charge >= 0.3 is 0 Å². The van der Waals surface area contributed by atoms with Crippen molar-refractivity contribution in [2.24, 2.45) is 10.8 Å². The number of methoxy groups -OCH3 is 1. The zero-order valence-electron chi connectivity index (χ0n) is 27.3. The monoisotopic (exact) mass is 558 g/mol. The van der Waals surface area contributed by atoms with E-state index in [0.29, 0.717) is 0 Å². The van der Waals surface area contributed by atoms with E-state index in [9.17, 15) is 0 Å². The third-order valence-corrected chi connectivity index (χ3v) is 9.57. The van der Waals surface area contributed by atoms with Gasteiger partial charge in [-0.05, 0) is 87.8 Å². The molecule has 0 N–H and O–H groups in total. The fraction of sp³-hybridized carbons (Fsp3) is 0.641. The van der Waals surface area contributed by atoms with Crippen molar-refractivity contribution in [3.63, 3.8) is 0 Å². The molecule has 0 saturated carbocycles. The highest BCUT2D eigenvalue weighted by molar-refractivity contribution is 6.00. The highest BCUT2D eigenvalue weighted by atomic mass is 16.5. The molecule has 226 valence electrons. The second-order valence-electron chi connectivity index (χ2n) is 14.2. The average molecular weight is 559 g/mol. The highest BCUT2D eigenvalue weighted by Crippen LogP contribution is 2.58. The molecular formula is C39H58O2. The van der Waals surface area contributed by atoms with Crippen LogP contribution in [0.2, 0.25) is 0 Å². The van der Waals surface area contributed by atoms with Gasteiger partial charge in [0.05, 0.1) is 13.7 Å². The lowest BCUT2D eigenvalue weighted by atomic mass is 9.74. The Morgan fingerprint density at radius 1 is 0.561 bits per heavy atom. The fourth-order valence-corrected chi connectivity index (χ4v) is 7.39. The third-order valence-electron chi connectivity index (χ3n) is 9.57. The van der Waals surface area contributed by atoms with Crippen LogP contribution in [0.15, 0.2) is 36.4 Å². The molecule has 2 aromatic carbocycles. The number of allylic oxidation sites excluding steroid dienone is 2. The molecule has 2 heteroatoms. The summed E-state index contributed by atoms with van der Waals surface area (Å²) in [7, 11) is 1.77. The number of rotatable bonds is 17. The molecule has 2 aliphatic carbocycles. The Bertz CT molecular complexity index is 1150. The van der Waals surface area contributed by atoms with Crippen LogP contribution in [0, 0.1) is 10.8 Å². The van der Waals surface area contributed by atoms with Crippen molar-refractivity contribution in [3.05, 3.63) is 58.7 Å². The van der Waals surface area contributed by atoms with Gasteiger partial charge in [0.2, 0.25) is 0 Å². The van der Waals surface area contributed by atoms with Gasteiger partial charge in [-0.2, -0.15) is 0 Å². The standard InChI is InChI=1S/C39H58O2/c1-7-8-9-10-11-12-13-14-15-16-17-18-19-20-25-41-33-24-22-31-29-39(4,5)37(35(31)27-33)36-34-26-32(40-6)23-21-30(34)28-38(36,2)3/h21-24,26-27H,7-20,25,28-29H2,1-6H3/b37-36+. The summed E-state index contributed by atoms with van der Waals surface area (Å²) in [6.45, 7) is 12.8. The van der Waals surface area contributed by atoms with Crippen LogP contribution in [0.25, 0.3) is 11.1 Å². The summed E-state index contributed by atoms with van der Waals surface area (Å²) in [6, 6.07) is 13.5. The second kappa shape index (κ2) is 14.8. The molecular weight excluding hydrogens is 500 g/mol. The molecule has 0 heterocycles. The maximum absolute atomic E-state index is 6.33. The van der Waals surface area contributed by atoms with Crippen molar-refractivity contribution in [2.75, 3.05) is 13.7 Å². The Labute approximate surface area is 252 Å². The Balaban J connectivity index is 1.27. The SMILES string of the molecule is CCCCCCCCCCCCCCCCOc1ccc2c(c1)/C(=C1/c3cc(OC)ccc3CC1(C)C)C(C)(C)C2. The van der Waals surface area contributed by atoms with Gasteiger partial charge in [-0.1, -0.05) is 130 Å². The smallest absolute Gasteiger partial charge is 0.119 e. The van der Waals surface area contributed by atoms with E-state index in [-0.39, 0.29) is 10.8 Å². The van der Waals surface area contributed by atoms with E-state index in [0.717, 1.165) is 37.4 Å². The zero-order valence-corrected chi connectivity index (χ0v) is 27.3. The molecule has 0 fully saturated rings.